The Morgan fingerprint density at radius 1 is 1.43 bits per heavy atom. The fourth-order valence-corrected chi connectivity index (χ4v) is 2.48. The molecule has 1 aromatic heterocycles. The van der Waals surface area contributed by atoms with Gasteiger partial charge in [-0.15, -0.1) is 0 Å². The van der Waals surface area contributed by atoms with Gasteiger partial charge in [-0.25, -0.2) is 0 Å². The van der Waals surface area contributed by atoms with Gasteiger partial charge in [-0.2, -0.15) is 0 Å². The number of aliphatic hydroxyl groups is 1. The fraction of sp³-hybridized carbons (Fsp3) is 0.667. The molecule has 1 amide bonds. The van der Waals surface area contributed by atoms with Crippen LogP contribution in [0, 0.1) is 0 Å². The Kier molecular flexibility index (Phi) is 5.78. The molecule has 1 atom stereocenters. The highest BCUT2D eigenvalue weighted by Gasteiger charge is 2.17. The third kappa shape index (κ3) is 4.56. The number of amides is 1. The van der Waals surface area contributed by atoms with Gasteiger partial charge in [0.2, 0.25) is 0 Å². The molecule has 21 heavy (non-hydrogen) atoms. The second-order valence-electron chi connectivity index (χ2n) is 5.67. The van der Waals surface area contributed by atoms with Crippen LogP contribution in [0.4, 0.5) is 0 Å². The molecule has 0 aromatic carbocycles. The van der Waals surface area contributed by atoms with Gasteiger partial charge >= 0.3 is 0 Å². The van der Waals surface area contributed by atoms with Crippen molar-refractivity contribution in [1.82, 2.24) is 14.8 Å². The number of ether oxygens (including phenoxy) is 1. The van der Waals surface area contributed by atoms with Crippen molar-refractivity contribution in [2.45, 2.75) is 26.0 Å². The number of aromatic nitrogens is 1. The van der Waals surface area contributed by atoms with E-state index in [0.717, 1.165) is 13.1 Å². The van der Waals surface area contributed by atoms with E-state index < -0.39 is 6.10 Å². The molecule has 6 heteroatoms. The summed E-state index contributed by atoms with van der Waals surface area (Å²) in [5, 5.41) is 12.8. The average Bonchev–Trinajstić information content (AvgIpc) is 2.95. The van der Waals surface area contributed by atoms with Crippen LogP contribution in [0.3, 0.4) is 0 Å². The molecule has 2 rings (SSSR count). The van der Waals surface area contributed by atoms with Crippen LogP contribution in [-0.4, -0.2) is 66.0 Å². The molecule has 1 saturated heterocycles. The number of morpholine rings is 1. The molecule has 1 fully saturated rings. The van der Waals surface area contributed by atoms with E-state index in [9.17, 15) is 9.90 Å². The van der Waals surface area contributed by atoms with Crippen LogP contribution < -0.4 is 5.32 Å². The number of rotatable bonds is 6. The molecule has 2 heterocycles. The standard InChI is InChI=1S/C15H25N3O3/c1-12(2)18-5-3-4-14(18)15(20)16-10-13(19)11-17-6-8-21-9-7-17/h3-5,12-13,19H,6-11H2,1-2H3,(H,16,20). The molecule has 0 saturated carbocycles. The molecule has 1 aromatic rings. The van der Waals surface area contributed by atoms with E-state index in [1.54, 1.807) is 6.07 Å². The summed E-state index contributed by atoms with van der Waals surface area (Å²) in [4.78, 5) is 14.3. The van der Waals surface area contributed by atoms with E-state index in [1.807, 2.05) is 30.7 Å². The van der Waals surface area contributed by atoms with Crippen molar-refractivity contribution < 1.29 is 14.6 Å². The minimum absolute atomic E-state index is 0.144. The smallest absolute Gasteiger partial charge is 0.268 e. The summed E-state index contributed by atoms with van der Waals surface area (Å²) in [6, 6.07) is 3.89. The molecule has 0 bridgehead atoms. The number of aliphatic hydroxyl groups excluding tert-OH is 1. The molecule has 118 valence electrons. The SMILES string of the molecule is CC(C)n1cccc1C(=O)NCC(O)CN1CCOCC1. The first-order chi connectivity index (χ1) is 10.1. The molecule has 1 unspecified atom stereocenters. The maximum absolute atomic E-state index is 12.2. The van der Waals surface area contributed by atoms with Crippen LogP contribution in [0.5, 0.6) is 0 Å². The molecule has 6 nitrogen and oxygen atoms in total. The van der Waals surface area contributed by atoms with Crippen molar-refractivity contribution in [2.75, 3.05) is 39.4 Å². The summed E-state index contributed by atoms with van der Waals surface area (Å²) in [6.45, 7) is 7.98. The Morgan fingerprint density at radius 2 is 2.14 bits per heavy atom. The largest absolute Gasteiger partial charge is 0.390 e. The van der Waals surface area contributed by atoms with Crippen molar-refractivity contribution in [3.8, 4) is 0 Å². The maximum Gasteiger partial charge on any atom is 0.268 e. The second kappa shape index (κ2) is 7.59. The van der Waals surface area contributed by atoms with Gasteiger partial charge in [-0.05, 0) is 26.0 Å². The van der Waals surface area contributed by atoms with Crippen LogP contribution in [0.25, 0.3) is 0 Å². The third-order valence-corrected chi connectivity index (χ3v) is 3.64. The lowest BCUT2D eigenvalue weighted by atomic mass is 10.3. The van der Waals surface area contributed by atoms with Gasteiger partial charge in [0, 0.05) is 38.4 Å². The topological polar surface area (TPSA) is 66.7 Å². The van der Waals surface area contributed by atoms with Crippen molar-refractivity contribution in [3.05, 3.63) is 24.0 Å². The van der Waals surface area contributed by atoms with E-state index in [0.29, 0.717) is 25.5 Å². The first kappa shape index (κ1) is 16.0. The summed E-state index contributed by atoms with van der Waals surface area (Å²) in [5.41, 5.74) is 0.628. The van der Waals surface area contributed by atoms with Gasteiger partial charge in [0.05, 0.1) is 19.3 Å². The first-order valence-corrected chi connectivity index (χ1v) is 7.51. The second-order valence-corrected chi connectivity index (χ2v) is 5.67. The van der Waals surface area contributed by atoms with Gasteiger partial charge in [0.1, 0.15) is 5.69 Å². The van der Waals surface area contributed by atoms with Crippen molar-refractivity contribution in [3.63, 3.8) is 0 Å². The zero-order valence-corrected chi connectivity index (χ0v) is 12.8. The van der Waals surface area contributed by atoms with E-state index >= 15 is 0 Å². The summed E-state index contributed by atoms with van der Waals surface area (Å²) in [7, 11) is 0. The maximum atomic E-state index is 12.2. The number of β-amino-alcohol motifs (C(OH)–C–C–N with tert-alkyl or cyclic N) is 1. The highest BCUT2D eigenvalue weighted by atomic mass is 16.5. The quantitative estimate of drug-likeness (QED) is 0.802. The Morgan fingerprint density at radius 3 is 2.81 bits per heavy atom. The Bertz CT molecular complexity index is 453. The molecule has 1 aliphatic rings. The average molecular weight is 295 g/mol. The van der Waals surface area contributed by atoms with Gasteiger partial charge in [0.15, 0.2) is 0 Å². The summed E-state index contributed by atoms with van der Waals surface area (Å²) in [5.74, 6) is -0.144. The monoisotopic (exact) mass is 295 g/mol. The van der Waals surface area contributed by atoms with Gasteiger partial charge in [-0.1, -0.05) is 0 Å². The molecule has 1 aliphatic heterocycles. The number of carbonyl (C=O) groups is 1. The lowest BCUT2D eigenvalue weighted by Gasteiger charge is -2.28. The highest BCUT2D eigenvalue weighted by molar-refractivity contribution is 5.92. The van der Waals surface area contributed by atoms with Crippen LogP contribution >= 0.6 is 0 Å². The van der Waals surface area contributed by atoms with E-state index in [-0.39, 0.29) is 18.5 Å². The van der Waals surface area contributed by atoms with Crippen LogP contribution in [0.1, 0.15) is 30.4 Å². The molecule has 0 radical (unpaired) electrons. The van der Waals surface area contributed by atoms with Crippen molar-refractivity contribution in [1.29, 1.82) is 0 Å². The molecule has 0 aliphatic carbocycles. The molecular weight excluding hydrogens is 270 g/mol. The first-order valence-electron chi connectivity index (χ1n) is 7.51. The predicted octanol–water partition coefficient (Wildman–Crippen LogP) is 0.492. The van der Waals surface area contributed by atoms with Gasteiger partial charge < -0.3 is 19.7 Å². The number of nitrogens with zero attached hydrogens (tertiary/aromatic N) is 2. The van der Waals surface area contributed by atoms with Gasteiger partial charge in [-0.3, -0.25) is 9.69 Å². The lowest BCUT2D eigenvalue weighted by Crippen LogP contribution is -2.44. The fourth-order valence-electron chi connectivity index (χ4n) is 2.48. The van der Waals surface area contributed by atoms with Crippen LogP contribution in [0.2, 0.25) is 0 Å². The number of carbonyl (C=O) groups excluding carboxylic acids is 1. The van der Waals surface area contributed by atoms with E-state index in [1.165, 1.54) is 0 Å². The Labute approximate surface area is 125 Å². The number of nitrogens with one attached hydrogen (secondary N) is 1. The molecule has 2 N–H and O–H groups in total. The molecular formula is C15H25N3O3. The van der Waals surface area contributed by atoms with E-state index in [2.05, 4.69) is 10.2 Å². The number of hydrogen-bond donors (Lipinski definition) is 2. The third-order valence-electron chi connectivity index (χ3n) is 3.64. The molecule has 0 spiro atoms. The summed E-state index contributed by atoms with van der Waals surface area (Å²) in [6.07, 6.45) is 1.33. The van der Waals surface area contributed by atoms with Crippen molar-refractivity contribution in [2.24, 2.45) is 0 Å². The van der Waals surface area contributed by atoms with Crippen LogP contribution in [-0.2, 0) is 4.74 Å². The van der Waals surface area contributed by atoms with Gasteiger partial charge in [0.25, 0.3) is 5.91 Å². The summed E-state index contributed by atoms with van der Waals surface area (Å²) >= 11 is 0. The Hall–Kier alpha value is -1.37. The Balaban J connectivity index is 1.78. The number of hydrogen-bond acceptors (Lipinski definition) is 4. The van der Waals surface area contributed by atoms with Crippen molar-refractivity contribution >= 4 is 5.91 Å². The van der Waals surface area contributed by atoms with Crippen LogP contribution in [0.15, 0.2) is 18.3 Å². The normalized spacial score (nSPS) is 17.9. The minimum Gasteiger partial charge on any atom is -0.390 e. The summed E-state index contributed by atoms with van der Waals surface area (Å²) < 4.78 is 7.19. The predicted molar refractivity (Wildman–Crippen MR) is 80.4 cm³/mol. The minimum atomic E-state index is -0.561. The zero-order valence-electron chi connectivity index (χ0n) is 12.8. The lowest BCUT2D eigenvalue weighted by molar-refractivity contribution is 0.0149. The zero-order chi connectivity index (χ0) is 15.2. The van der Waals surface area contributed by atoms with E-state index in [4.69, 9.17) is 4.74 Å². The highest BCUT2D eigenvalue weighted by Crippen LogP contribution is 2.10.